The zero-order valence-electron chi connectivity index (χ0n) is 18.7. The average Bonchev–Trinajstić information content (AvgIpc) is 3.17. The van der Waals surface area contributed by atoms with Gasteiger partial charge in [-0.05, 0) is 58.7 Å². The van der Waals surface area contributed by atoms with Crippen LogP contribution >= 0.6 is 0 Å². The van der Waals surface area contributed by atoms with E-state index in [1.54, 1.807) is 16.7 Å². The van der Waals surface area contributed by atoms with Crippen molar-refractivity contribution in [2.24, 2.45) is 0 Å². The Bertz CT molecular complexity index is 808. The maximum Gasteiger partial charge on any atom is 0.246 e. The number of hydrogen-bond acceptors (Lipinski definition) is 4. The quantitative estimate of drug-likeness (QED) is 0.648. The van der Waals surface area contributed by atoms with Gasteiger partial charge >= 0.3 is 0 Å². The van der Waals surface area contributed by atoms with Gasteiger partial charge < -0.3 is 15.5 Å². The van der Waals surface area contributed by atoms with Gasteiger partial charge in [-0.2, -0.15) is 0 Å². The average molecular weight is 427 g/mol. The van der Waals surface area contributed by atoms with Crippen LogP contribution in [-0.2, 0) is 20.8 Å². The lowest BCUT2D eigenvalue weighted by Crippen LogP contribution is -2.57. The maximum absolute atomic E-state index is 13.4. The van der Waals surface area contributed by atoms with E-state index in [1.165, 1.54) is 0 Å². The van der Waals surface area contributed by atoms with E-state index in [-0.39, 0.29) is 29.8 Å². The second-order valence-electron chi connectivity index (χ2n) is 8.66. The molecule has 0 unspecified atom stereocenters. The second kappa shape index (κ2) is 10.6. The predicted octanol–water partition coefficient (Wildman–Crippen LogP) is 1.49. The molecule has 1 aromatic carbocycles. The van der Waals surface area contributed by atoms with E-state index < -0.39 is 12.1 Å². The summed E-state index contributed by atoms with van der Waals surface area (Å²) in [6.45, 7) is 2.34. The highest BCUT2D eigenvalue weighted by molar-refractivity contribution is 5.93. The molecule has 2 heterocycles. The summed E-state index contributed by atoms with van der Waals surface area (Å²) in [5.41, 5.74) is 1.16. The molecular weight excluding hydrogens is 392 g/mol. The van der Waals surface area contributed by atoms with Crippen molar-refractivity contribution >= 4 is 17.7 Å². The van der Waals surface area contributed by atoms with E-state index in [2.05, 4.69) is 16.7 Å². The van der Waals surface area contributed by atoms with Crippen LogP contribution < -0.4 is 10.6 Å². The summed E-state index contributed by atoms with van der Waals surface area (Å²) in [4.78, 5) is 42.4. The molecule has 0 saturated carbocycles. The summed E-state index contributed by atoms with van der Waals surface area (Å²) in [5, 5.41) is 5.91. The molecule has 2 aliphatic rings. The Morgan fingerprint density at radius 3 is 2.55 bits per heavy atom. The summed E-state index contributed by atoms with van der Waals surface area (Å²) in [5.74, 6) is -0.450. The third-order valence-corrected chi connectivity index (χ3v) is 6.33. The van der Waals surface area contributed by atoms with Crippen LogP contribution in [0.25, 0.3) is 0 Å². The minimum atomic E-state index is -0.647. The molecule has 0 radical (unpaired) electrons. The fourth-order valence-electron chi connectivity index (χ4n) is 4.21. The molecule has 0 spiro atoms. The SMILES string of the molecule is C[C@@H](C(=O)N[C@H]1C/C=C\C[C@H]2CC[C@@H](C(=O)NCCc3ccccc3)N2C1=O)N(C)C. The summed E-state index contributed by atoms with van der Waals surface area (Å²) >= 11 is 0. The van der Waals surface area contributed by atoms with Crippen LogP contribution in [-0.4, -0.2) is 72.3 Å². The van der Waals surface area contributed by atoms with Gasteiger partial charge in [0.05, 0.1) is 6.04 Å². The largest absolute Gasteiger partial charge is 0.354 e. The zero-order valence-corrected chi connectivity index (χ0v) is 18.7. The molecule has 0 bridgehead atoms. The monoisotopic (exact) mass is 426 g/mol. The summed E-state index contributed by atoms with van der Waals surface area (Å²) in [6.07, 6.45) is 7.41. The van der Waals surface area contributed by atoms with E-state index in [1.807, 2.05) is 50.5 Å². The van der Waals surface area contributed by atoms with E-state index >= 15 is 0 Å². The third-order valence-electron chi connectivity index (χ3n) is 6.33. The molecule has 168 valence electrons. The Morgan fingerprint density at radius 2 is 1.84 bits per heavy atom. The van der Waals surface area contributed by atoms with Gasteiger partial charge in [0.25, 0.3) is 0 Å². The smallest absolute Gasteiger partial charge is 0.246 e. The first-order valence-electron chi connectivity index (χ1n) is 11.1. The van der Waals surface area contributed by atoms with Gasteiger partial charge in [-0.15, -0.1) is 0 Å². The van der Waals surface area contributed by atoms with Crippen LogP contribution in [0.3, 0.4) is 0 Å². The molecule has 2 aliphatic heterocycles. The normalized spacial score (nSPS) is 25.4. The molecule has 0 aromatic heterocycles. The molecule has 31 heavy (non-hydrogen) atoms. The molecule has 1 aromatic rings. The number of rotatable bonds is 7. The van der Waals surface area contributed by atoms with Crippen LogP contribution in [0.4, 0.5) is 0 Å². The highest BCUT2D eigenvalue weighted by Gasteiger charge is 2.43. The number of hydrogen-bond donors (Lipinski definition) is 2. The predicted molar refractivity (Wildman–Crippen MR) is 120 cm³/mol. The molecule has 1 fully saturated rings. The highest BCUT2D eigenvalue weighted by atomic mass is 16.2. The van der Waals surface area contributed by atoms with Gasteiger partial charge in [-0.1, -0.05) is 42.5 Å². The Hall–Kier alpha value is -2.67. The van der Waals surface area contributed by atoms with E-state index in [9.17, 15) is 14.4 Å². The highest BCUT2D eigenvalue weighted by Crippen LogP contribution is 2.29. The van der Waals surface area contributed by atoms with Crippen molar-refractivity contribution in [3.05, 3.63) is 48.0 Å². The minimum absolute atomic E-state index is 0.000373. The molecule has 3 amide bonds. The number of carbonyl (C=O) groups excluding carboxylic acids is 3. The van der Waals surface area contributed by atoms with Crippen LogP contribution in [0.15, 0.2) is 42.5 Å². The number of carbonyl (C=O) groups is 3. The van der Waals surface area contributed by atoms with Crippen LogP contribution in [0.5, 0.6) is 0 Å². The van der Waals surface area contributed by atoms with Crippen molar-refractivity contribution in [1.29, 1.82) is 0 Å². The zero-order chi connectivity index (χ0) is 22.4. The fraction of sp³-hybridized carbons (Fsp3) is 0.542. The number of likely N-dealkylation sites (N-methyl/N-ethyl adjacent to an activating group) is 1. The van der Waals surface area contributed by atoms with Gasteiger partial charge in [-0.3, -0.25) is 19.3 Å². The molecule has 7 heteroatoms. The molecular formula is C24H34N4O3. The molecule has 2 N–H and O–H groups in total. The van der Waals surface area contributed by atoms with Gasteiger partial charge in [0, 0.05) is 12.6 Å². The van der Waals surface area contributed by atoms with Gasteiger partial charge in [0.2, 0.25) is 17.7 Å². The molecule has 7 nitrogen and oxygen atoms in total. The fourth-order valence-corrected chi connectivity index (χ4v) is 4.21. The van der Waals surface area contributed by atoms with Gasteiger partial charge in [0.1, 0.15) is 12.1 Å². The lowest BCUT2D eigenvalue weighted by atomic mass is 10.0. The first-order chi connectivity index (χ1) is 14.9. The number of nitrogens with one attached hydrogen (secondary N) is 2. The van der Waals surface area contributed by atoms with Crippen LogP contribution in [0, 0.1) is 0 Å². The Morgan fingerprint density at radius 1 is 1.13 bits per heavy atom. The van der Waals surface area contributed by atoms with E-state index in [0.717, 1.165) is 24.8 Å². The van der Waals surface area contributed by atoms with Crippen LogP contribution in [0.1, 0.15) is 38.2 Å². The standard InChI is InChI=1S/C24H34N4O3/c1-17(27(2)3)22(29)26-20-12-8-7-11-19-13-14-21(28(19)24(20)31)23(30)25-16-15-18-9-5-4-6-10-18/h4-10,17,19-21H,11-16H2,1-3H3,(H,25,30)(H,26,29)/b8-7-/t17-,19-,20-,21-/m0/s1. The summed E-state index contributed by atoms with van der Waals surface area (Å²) < 4.78 is 0. The number of nitrogens with zero attached hydrogens (tertiary/aromatic N) is 2. The Kier molecular flexibility index (Phi) is 7.85. The molecule has 4 atom stereocenters. The molecule has 0 aliphatic carbocycles. The Labute approximate surface area is 184 Å². The number of fused-ring (bicyclic) bond motifs is 1. The summed E-state index contributed by atoms with van der Waals surface area (Å²) in [7, 11) is 3.66. The van der Waals surface area contributed by atoms with Crippen molar-refractivity contribution in [1.82, 2.24) is 20.4 Å². The Balaban J connectivity index is 1.65. The van der Waals surface area contributed by atoms with E-state index in [4.69, 9.17) is 0 Å². The van der Waals surface area contributed by atoms with Crippen molar-refractivity contribution in [2.75, 3.05) is 20.6 Å². The van der Waals surface area contributed by atoms with Crippen molar-refractivity contribution < 1.29 is 14.4 Å². The molecule has 1 saturated heterocycles. The van der Waals surface area contributed by atoms with Crippen molar-refractivity contribution in [3.8, 4) is 0 Å². The first-order valence-corrected chi connectivity index (χ1v) is 11.1. The van der Waals surface area contributed by atoms with Crippen molar-refractivity contribution in [3.63, 3.8) is 0 Å². The number of benzene rings is 1. The molecule has 3 rings (SSSR count). The first kappa shape index (κ1) is 23.0. The van der Waals surface area contributed by atoms with Gasteiger partial charge in [-0.25, -0.2) is 0 Å². The van der Waals surface area contributed by atoms with E-state index in [0.29, 0.717) is 19.4 Å². The lowest BCUT2D eigenvalue weighted by molar-refractivity contribution is -0.143. The number of amides is 3. The maximum atomic E-state index is 13.4. The third kappa shape index (κ3) is 5.73. The van der Waals surface area contributed by atoms with Crippen molar-refractivity contribution in [2.45, 2.75) is 63.2 Å². The summed E-state index contributed by atoms with van der Waals surface area (Å²) in [6, 6.07) is 8.54. The minimum Gasteiger partial charge on any atom is -0.354 e. The van der Waals surface area contributed by atoms with Gasteiger partial charge in [0.15, 0.2) is 0 Å². The lowest BCUT2D eigenvalue weighted by Gasteiger charge is -2.34. The topological polar surface area (TPSA) is 81.8 Å². The van der Waals surface area contributed by atoms with Crippen LogP contribution in [0.2, 0.25) is 0 Å². The second-order valence-corrected chi connectivity index (χ2v) is 8.66.